The fraction of sp³-hybridized carbons (Fsp3) is 0.667. The van der Waals surface area contributed by atoms with Crippen molar-refractivity contribution in [2.24, 2.45) is 0 Å². The molecule has 1 unspecified atom stereocenters. The molecule has 0 aromatic carbocycles. The average molecular weight is 198 g/mol. The van der Waals surface area contributed by atoms with Crippen molar-refractivity contribution in [3.05, 3.63) is 0 Å². The minimum Gasteiger partial charge on any atom is -0.346 e. The molecule has 1 rings (SSSR count). The summed E-state index contributed by atoms with van der Waals surface area (Å²) < 4.78 is 0. The van der Waals surface area contributed by atoms with E-state index in [1.54, 1.807) is 0 Å². The highest BCUT2D eigenvalue weighted by Crippen LogP contribution is 2.05. The normalized spacial score (nSPS) is 22.1. The molecule has 0 aromatic rings. The van der Waals surface area contributed by atoms with Crippen molar-refractivity contribution < 1.29 is 14.4 Å². The third-order valence-corrected chi connectivity index (χ3v) is 2.25. The van der Waals surface area contributed by atoms with E-state index in [2.05, 4.69) is 5.32 Å². The Labute approximate surface area is 82.4 Å². The van der Waals surface area contributed by atoms with E-state index >= 15 is 0 Å². The molecule has 0 saturated carbocycles. The van der Waals surface area contributed by atoms with Gasteiger partial charge < -0.3 is 10.2 Å². The van der Waals surface area contributed by atoms with E-state index in [9.17, 15) is 14.4 Å². The molecule has 1 heterocycles. The van der Waals surface area contributed by atoms with Gasteiger partial charge in [0.25, 0.3) is 0 Å². The summed E-state index contributed by atoms with van der Waals surface area (Å²) in [6.45, 7) is 4.11. The lowest BCUT2D eigenvalue weighted by molar-refractivity contribution is -0.150. The first kappa shape index (κ1) is 10.7. The molecule has 1 aliphatic heterocycles. The van der Waals surface area contributed by atoms with Crippen LogP contribution in [0.15, 0.2) is 0 Å². The summed E-state index contributed by atoms with van der Waals surface area (Å²) in [5.74, 6) is -1.09. The fourth-order valence-corrected chi connectivity index (χ4v) is 1.36. The van der Waals surface area contributed by atoms with Gasteiger partial charge in [0.1, 0.15) is 5.78 Å². The van der Waals surface area contributed by atoms with Crippen molar-refractivity contribution in [1.82, 2.24) is 10.2 Å². The number of ketones is 1. The topological polar surface area (TPSA) is 66.5 Å². The van der Waals surface area contributed by atoms with Crippen molar-refractivity contribution in [1.29, 1.82) is 0 Å². The maximum absolute atomic E-state index is 11.4. The minimum atomic E-state index is -0.577. The molecule has 1 saturated heterocycles. The number of nitrogens with zero attached hydrogens (tertiary/aromatic N) is 1. The van der Waals surface area contributed by atoms with E-state index in [1.165, 1.54) is 11.8 Å². The average Bonchev–Trinajstić information content (AvgIpc) is 2.11. The first-order valence-electron chi connectivity index (χ1n) is 4.60. The van der Waals surface area contributed by atoms with Gasteiger partial charge in [-0.25, -0.2) is 0 Å². The summed E-state index contributed by atoms with van der Waals surface area (Å²) >= 11 is 0. The lowest BCUT2D eigenvalue weighted by atomic mass is 10.2. The molecule has 78 valence electrons. The second kappa shape index (κ2) is 4.21. The number of Topliss-reactive ketones (excluding diaryl/α,β-unsaturated/α-hetero) is 1. The van der Waals surface area contributed by atoms with Crippen LogP contribution in [-0.4, -0.2) is 41.6 Å². The van der Waals surface area contributed by atoms with Crippen molar-refractivity contribution >= 4 is 17.6 Å². The molecule has 5 nitrogen and oxygen atoms in total. The van der Waals surface area contributed by atoms with Gasteiger partial charge in [-0.15, -0.1) is 0 Å². The number of hydrogen-bond donors (Lipinski definition) is 1. The molecule has 0 aliphatic carbocycles. The zero-order chi connectivity index (χ0) is 10.7. The molecule has 5 heteroatoms. The Kier molecular flexibility index (Phi) is 3.22. The predicted octanol–water partition coefficient (Wildman–Crippen LogP) is -0.688. The third-order valence-electron chi connectivity index (χ3n) is 2.25. The number of rotatable bonds is 3. The SMILES string of the molecule is CC(=O)CCN1C(=O)C(=O)NCC1C. The molecular formula is C9H14N2O3. The van der Waals surface area contributed by atoms with Crippen LogP contribution in [0.3, 0.4) is 0 Å². The fourth-order valence-electron chi connectivity index (χ4n) is 1.36. The van der Waals surface area contributed by atoms with Gasteiger partial charge in [0, 0.05) is 25.6 Å². The zero-order valence-electron chi connectivity index (χ0n) is 8.37. The molecule has 0 bridgehead atoms. The van der Waals surface area contributed by atoms with Crippen LogP contribution >= 0.6 is 0 Å². The highest BCUT2D eigenvalue weighted by Gasteiger charge is 2.30. The summed E-state index contributed by atoms with van der Waals surface area (Å²) in [6, 6.07) is -0.0282. The molecule has 0 spiro atoms. The van der Waals surface area contributed by atoms with Crippen LogP contribution in [0.25, 0.3) is 0 Å². The lowest BCUT2D eigenvalue weighted by Gasteiger charge is -2.32. The van der Waals surface area contributed by atoms with Crippen LogP contribution in [0.1, 0.15) is 20.3 Å². The Morgan fingerprint density at radius 2 is 2.21 bits per heavy atom. The van der Waals surface area contributed by atoms with Gasteiger partial charge in [-0.3, -0.25) is 14.4 Å². The number of nitrogens with one attached hydrogen (secondary N) is 1. The van der Waals surface area contributed by atoms with E-state index in [0.717, 1.165) is 0 Å². The molecule has 2 amide bonds. The van der Waals surface area contributed by atoms with Crippen LogP contribution in [0.4, 0.5) is 0 Å². The van der Waals surface area contributed by atoms with Crippen molar-refractivity contribution in [2.75, 3.05) is 13.1 Å². The summed E-state index contributed by atoms with van der Waals surface area (Å²) in [5, 5.41) is 2.48. The molecular weight excluding hydrogens is 184 g/mol. The van der Waals surface area contributed by atoms with E-state index in [1.807, 2.05) is 6.92 Å². The molecule has 1 fully saturated rings. The predicted molar refractivity (Wildman–Crippen MR) is 49.5 cm³/mol. The maximum Gasteiger partial charge on any atom is 0.312 e. The Balaban J connectivity index is 2.58. The van der Waals surface area contributed by atoms with Crippen LogP contribution in [0, 0.1) is 0 Å². The second-order valence-electron chi connectivity index (χ2n) is 3.51. The van der Waals surface area contributed by atoms with Crippen LogP contribution in [0.5, 0.6) is 0 Å². The van der Waals surface area contributed by atoms with Gasteiger partial charge in [0.2, 0.25) is 0 Å². The van der Waals surface area contributed by atoms with Gasteiger partial charge >= 0.3 is 11.8 Å². The largest absolute Gasteiger partial charge is 0.346 e. The maximum atomic E-state index is 11.4. The summed E-state index contributed by atoms with van der Waals surface area (Å²) in [7, 11) is 0. The molecule has 1 aliphatic rings. The molecule has 0 aromatic heterocycles. The van der Waals surface area contributed by atoms with Gasteiger partial charge in [-0.05, 0) is 13.8 Å². The Bertz CT molecular complexity index is 275. The Morgan fingerprint density at radius 1 is 1.57 bits per heavy atom. The first-order valence-corrected chi connectivity index (χ1v) is 4.60. The van der Waals surface area contributed by atoms with E-state index in [0.29, 0.717) is 19.5 Å². The number of carbonyl (C=O) groups excluding carboxylic acids is 3. The highest BCUT2D eigenvalue weighted by atomic mass is 16.2. The van der Waals surface area contributed by atoms with Gasteiger partial charge in [-0.2, -0.15) is 0 Å². The van der Waals surface area contributed by atoms with Gasteiger partial charge in [-0.1, -0.05) is 0 Å². The molecule has 0 radical (unpaired) electrons. The van der Waals surface area contributed by atoms with E-state index < -0.39 is 11.8 Å². The first-order chi connectivity index (χ1) is 6.52. The Morgan fingerprint density at radius 3 is 2.79 bits per heavy atom. The van der Waals surface area contributed by atoms with Crippen LogP contribution < -0.4 is 5.32 Å². The highest BCUT2D eigenvalue weighted by molar-refractivity contribution is 6.35. The smallest absolute Gasteiger partial charge is 0.312 e. The van der Waals surface area contributed by atoms with Crippen LogP contribution in [-0.2, 0) is 14.4 Å². The van der Waals surface area contributed by atoms with E-state index in [4.69, 9.17) is 0 Å². The van der Waals surface area contributed by atoms with Crippen LogP contribution in [0.2, 0.25) is 0 Å². The monoisotopic (exact) mass is 198 g/mol. The molecule has 1 atom stereocenters. The lowest BCUT2D eigenvalue weighted by Crippen LogP contribution is -2.57. The summed E-state index contributed by atoms with van der Waals surface area (Å²) in [6.07, 6.45) is 0.309. The van der Waals surface area contributed by atoms with Crippen molar-refractivity contribution in [2.45, 2.75) is 26.3 Å². The standard InChI is InChI=1S/C9H14N2O3/c1-6-5-10-8(13)9(14)11(6)4-3-7(2)12/h6H,3-5H2,1-2H3,(H,10,13). The number of amides is 2. The Hall–Kier alpha value is -1.39. The molecule has 1 N–H and O–H groups in total. The van der Waals surface area contributed by atoms with Crippen molar-refractivity contribution in [3.8, 4) is 0 Å². The molecule has 14 heavy (non-hydrogen) atoms. The quantitative estimate of drug-likeness (QED) is 0.610. The number of hydrogen-bond acceptors (Lipinski definition) is 3. The van der Waals surface area contributed by atoms with Gasteiger partial charge in [0.15, 0.2) is 0 Å². The summed E-state index contributed by atoms with van der Waals surface area (Å²) in [4.78, 5) is 34.5. The second-order valence-corrected chi connectivity index (χ2v) is 3.51. The minimum absolute atomic E-state index is 0.0241. The van der Waals surface area contributed by atoms with Crippen molar-refractivity contribution in [3.63, 3.8) is 0 Å². The zero-order valence-corrected chi connectivity index (χ0v) is 8.37. The van der Waals surface area contributed by atoms with E-state index in [-0.39, 0.29) is 11.8 Å². The summed E-state index contributed by atoms with van der Waals surface area (Å²) in [5.41, 5.74) is 0. The number of carbonyl (C=O) groups is 3. The van der Waals surface area contributed by atoms with Gasteiger partial charge in [0.05, 0.1) is 0 Å². The number of piperazine rings is 1. The third kappa shape index (κ3) is 2.31.